The summed E-state index contributed by atoms with van der Waals surface area (Å²) in [5, 5.41) is 0. The zero-order valence-corrected chi connectivity index (χ0v) is 13.7. The topological polar surface area (TPSA) is 46.6 Å². The Morgan fingerprint density at radius 3 is 2.38 bits per heavy atom. The molecule has 0 spiro atoms. The van der Waals surface area contributed by atoms with Gasteiger partial charge in [-0.2, -0.15) is 0 Å². The number of aromatic nitrogens is 2. The molecular formula is C17H28N4. The van der Waals surface area contributed by atoms with E-state index in [9.17, 15) is 0 Å². The Kier molecular flexibility index (Phi) is 5.23. The third-order valence-electron chi connectivity index (χ3n) is 3.46. The lowest BCUT2D eigenvalue weighted by Gasteiger charge is -2.27. The maximum atomic E-state index is 5.82. The first-order valence-corrected chi connectivity index (χ1v) is 7.94. The van der Waals surface area contributed by atoms with Crippen LogP contribution < -0.4 is 10.6 Å². The highest BCUT2D eigenvalue weighted by Gasteiger charge is 2.19. The monoisotopic (exact) mass is 288 g/mol. The van der Waals surface area contributed by atoms with Crippen molar-refractivity contribution < 1.29 is 0 Å². The first-order valence-electron chi connectivity index (χ1n) is 7.94. The summed E-state index contributed by atoms with van der Waals surface area (Å²) in [6.45, 7) is 11.7. The van der Waals surface area contributed by atoms with Gasteiger partial charge < -0.3 is 15.0 Å². The Bertz CT molecular complexity index is 561. The van der Waals surface area contributed by atoms with Gasteiger partial charge in [0.15, 0.2) is 5.82 Å². The van der Waals surface area contributed by atoms with E-state index < -0.39 is 0 Å². The fourth-order valence-corrected chi connectivity index (χ4v) is 2.79. The summed E-state index contributed by atoms with van der Waals surface area (Å²) >= 11 is 0. The average molecular weight is 288 g/mol. The van der Waals surface area contributed by atoms with Crippen LogP contribution in [-0.2, 0) is 6.42 Å². The van der Waals surface area contributed by atoms with Crippen LogP contribution in [0, 0.1) is 11.8 Å². The summed E-state index contributed by atoms with van der Waals surface area (Å²) in [6.07, 6.45) is 2.94. The Morgan fingerprint density at radius 2 is 1.81 bits per heavy atom. The van der Waals surface area contributed by atoms with Crippen LogP contribution in [0.5, 0.6) is 0 Å². The Labute approximate surface area is 128 Å². The fraction of sp³-hybridized carbons (Fsp3) is 0.588. The smallest absolute Gasteiger partial charge is 0.151 e. The first-order chi connectivity index (χ1) is 10.0. The molecule has 4 heteroatoms. The average Bonchev–Trinajstić information content (AvgIpc) is 2.77. The van der Waals surface area contributed by atoms with E-state index in [1.807, 2.05) is 12.1 Å². The number of fused-ring (bicyclic) bond motifs is 1. The maximum Gasteiger partial charge on any atom is 0.151 e. The maximum absolute atomic E-state index is 5.82. The Hall–Kier alpha value is -1.55. The second kappa shape index (κ2) is 6.94. The largest absolute Gasteiger partial charge is 0.355 e. The number of hydrogen-bond donors (Lipinski definition) is 1. The SMILES string of the molecule is CC(C)CN(CC(C)C)c1nc2ccccn2c1CCN. The lowest BCUT2D eigenvalue weighted by atomic mass is 10.1. The van der Waals surface area contributed by atoms with Crippen LogP contribution >= 0.6 is 0 Å². The summed E-state index contributed by atoms with van der Waals surface area (Å²) in [6, 6.07) is 6.15. The highest BCUT2D eigenvalue weighted by Crippen LogP contribution is 2.24. The van der Waals surface area contributed by atoms with Crippen LogP contribution in [0.15, 0.2) is 24.4 Å². The molecule has 4 nitrogen and oxygen atoms in total. The fourth-order valence-electron chi connectivity index (χ4n) is 2.79. The van der Waals surface area contributed by atoms with E-state index in [4.69, 9.17) is 10.7 Å². The van der Waals surface area contributed by atoms with Gasteiger partial charge in [-0.15, -0.1) is 0 Å². The minimum atomic E-state index is 0.610. The molecule has 2 N–H and O–H groups in total. The van der Waals surface area contributed by atoms with Crippen LogP contribution in [0.3, 0.4) is 0 Å². The predicted molar refractivity (Wildman–Crippen MR) is 89.8 cm³/mol. The van der Waals surface area contributed by atoms with Gasteiger partial charge >= 0.3 is 0 Å². The minimum absolute atomic E-state index is 0.610. The van der Waals surface area contributed by atoms with Crippen molar-refractivity contribution in [1.82, 2.24) is 9.38 Å². The number of pyridine rings is 1. The van der Waals surface area contributed by atoms with E-state index in [1.165, 1.54) is 5.69 Å². The third-order valence-corrected chi connectivity index (χ3v) is 3.46. The van der Waals surface area contributed by atoms with E-state index in [0.717, 1.165) is 31.0 Å². The van der Waals surface area contributed by atoms with Crippen LogP contribution in [0.1, 0.15) is 33.4 Å². The molecule has 116 valence electrons. The number of hydrogen-bond acceptors (Lipinski definition) is 3. The van der Waals surface area contributed by atoms with Crippen LogP contribution in [0.4, 0.5) is 5.82 Å². The predicted octanol–water partition coefficient (Wildman–Crippen LogP) is 2.95. The van der Waals surface area contributed by atoms with E-state index >= 15 is 0 Å². The van der Waals surface area contributed by atoms with Crippen molar-refractivity contribution in [2.45, 2.75) is 34.1 Å². The molecule has 21 heavy (non-hydrogen) atoms. The normalized spacial score (nSPS) is 11.8. The molecule has 0 bridgehead atoms. The van der Waals surface area contributed by atoms with Crippen molar-refractivity contribution in [3.8, 4) is 0 Å². The summed E-state index contributed by atoms with van der Waals surface area (Å²) in [5.74, 6) is 2.33. The van der Waals surface area contributed by atoms with Crippen molar-refractivity contribution in [3.63, 3.8) is 0 Å². The number of nitrogens with two attached hydrogens (primary N) is 1. The Balaban J connectivity index is 2.46. The molecule has 0 atom stereocenters. The quantitative estimate of drug-likeness (QED) is 0.852. The molecule has 0 saturated heterocycles. The van der Waals surface area contributed by atoms with Gasteiger partial charge in [-0.3, -0.25) is 0 Å². The molecule has 0 amide bonds. The molecule has 2 heterocycles. The van der Waals surface area contributed by atoms with E-state index in [-0.39, 0.29) is 0 Å². The molecule has 0 unspecified atom stereocenters. The van der Waals surface area contributed by atoms with Crippen LogP contribution in [-0.4, -0.2) is 29.0 Å². The van der Waals surface area contributed by atoms with Crippen LogP contribution in [0.2, 0.25) is 0 Å². The van der Waals surface area contributed by atoms with Gasteiger partial charge in [-0.25, -0.2) is 4.98 Å². The van der Waals surface area contributed by atoms with Gasteiger partial charge in [0.2, 0.25) is 0 Å². The van der Waals surface area contributed by atoms with E-state index in [1.54, 1.807) is 0 Å². The zero-order valence-electron chi connectivity index (χ0n) is 13.7. The van der Waals surface area contributed by atoms with Gasteiger partial charge in [0.25, 0.3) is 0 Å². The molecule has 2 aromatic rings. The number of rotatable bonds is 7. The van der Waals surface area contributed by atoms with E-state index in [2.05, 4.69) is 49.3 Å². The molecule has 0 fully saturated rings. The van der Waals surface area contributed by atoms with Gasteiger partial charge in [0.05, 0.1) is 5.69 Å². The molecule has 2 rings (SSSR count). The van der Waals surface area contributed by atoms with Crippen molar-refractivity contribution in [2.24, 2.45) is 17.6 Å². The number of anilines is 1. The summed E-state index contributed by atoms with van der Waals surface area (Å²) in [5.41, 5.74) is 8.06. The minimum Gasteiger partial charge on any atom is -0.355 e. The van der Waals surface area contributed by atoms with Gasteiger partial charge in [-0.1, -0.05) is 33.8 Å². The second-order valence-electron chi connectivity index (χ2n) is 6.54. The number of nitrogens with zero attached hydrogens (tertiary/aromatic N) is 3. The van der Waals surface area contributed by atoms with Crippen molar-refractivity contribution >= 4 is 11.5 Å². The molecule has 0 aliphatic carbocycles. The van der Waals surface area contributed by atoms with Crippen LogP contribution in [0.25, 0.3) is 5.65 Å². The van der Waals surface area contributed by atoms with Crippen molar-refractivity contribution in [2.75, 3.05) is 24.5 Å². The van der Waals surface area contributed by atoms with Gasteiger partial charge in [-0.05, 0) is 30.5 Å². The van der Waals surface area contributed by atoms with Crippen molar-refractivity contribution in [1.29, 1.82) is 0 Å². The standard InChI is InChI=1S/C17H28N4/c1-13(2)11-20(12-14(3)4)17-15(8-9-18)21-10-6-5-7-16(21)19-17/h5-7,10,13-14H,8-9,11-12,18H2,1-4H3. The highest BCUT2D eigenvalue weighted by atomic mass is 15.2. The summed E-state index contributed by atoms with van der Waals surface area (Å²) < 4.78 is 2.18. The van der Waals surface area contributed by atoms with Gasteiger partial charge in [0.1, 0.15) is 5.65 Å². The lowest BCUT2D eigenvalue weighted by Crippen LogP contribution is -2.32. The zero-order chi connectivity index (χ0) is 15.4. The molecule has 0 aliphatic heterocycles. The number of imidazole rings is 1. The molecular weight excluding hydrogens is 260 g/mol. The Morgan fingerprint density at radius 1 is 1.14 bits per heavy atom. The third kappa shape index (κ3) is 3.76. The first kappa shape index (κ1) is 15.8. The van der Waals surface area contributed by atoms with Crippen molar-refractivity contribution in [3.05, 3.63) is 30.1 Å². The highest BCUT2D eigenvalue weighted by molar-refractivity contribution is 5.56. The summed E-state index contributed by atoms with van der Waals surface area (Å²) in [4.78, 5) is 7.30. The second-order valence-corrected chi connectivity index (χ2v) is 6.54. The molecule has 0 aliphatic rings. The van der Waals surface area contributed by atoms with Gasteiger partial charge in [0, 0.05) is 25.7 Å². The lowest BCUT2D eigenvalue weighted by molar-refractivity contribution is 0.548. The summed E-state index contributed by atoms with van der Waals surface area (Å²) in [7, 11) is 0. The van der Waals surface area contributed by atoms with E-state index in [0.29, 0.717) is 18.4 Å². The molecule has 0 radical (unpaired) electrons. The molecule has 0 saturated carbocycles. The molecule has 2 aromatic heterocycles. The molecule has 0 aromatic carbocycles.